The van der Waals surface area contributed by atoms with Gasteiger partial charge < -0.3 is 0 Å². The third-order valence-corrected chi connectivity index (χ3v) is 1.35. The van der Waals surface area contributed by atoms with E-state index in [4.69, 9.17) is 0 Å². The van der Waals surface area contributed by atoms with Crippen molar-refractivity contribution >= 4 is 22.8 Å². The van der Waals surface area contributed by atoms with E-state index in [0.29, 0.717) is 6.42 Å². The number of nitrogens with zero attached hydrogens (tertiary/aromatic N) is 4. The third-order valence-electron chi connectivity index (χ3n) is 1.35. The summed E-state index contributed by atoms with van der Waals surface area (Å²) >= 11 is 0. The lowest BCUT2D eigenvalue weighted by molar-refractivity contribution is 1.16. The van der Waals surface area contributed by atoms with Crippen molar-refractivity contribution in [2.24, 2.45) is 20.4 Å². The van der Waals surface area contributed by atoms with Gasteiger partial charge in [0, 0.05) is 29.3 Å². The van der Waals surface area contributed by atoms with Crippen molar-refractivity contribution < 1.29 is 0 Å². The maximum atomic E-state index is 4.07. The summed E-state index contributed by atoms with van der Waals surface area (Å²) in [5.41, 5.74) is 3.79. The summed E-state index contributed by atoms with van der Waals surface area (Å²) < 4.78 is 0. The fraction of sp³-hybridized carbons (Fsp3) is 0.636. The number of hydrogen-bond donors (Lipinski definition) is 0. The Morgan fingerprint density at radius 1 is 0.600 bits per heavy atom. The van der Waals surface area contributed by atoms with E-state index in [1.54, 1.807) is 0 Å². The molecule has 15 heavy (non-hydrogen) atoms. The SMILES string of the molecule is CC(C)=N/N=C(\C)C/C(C)=N/N=C(C)C. The lowest BCUT2D eigenvalue weighted by Gasteiger charge is -1.96. The van der Waals surface area contributed by atoms with Crippen molar-refractivity contribution in [1.29, 1.82) is 0 Å². The van der Waals surface area contributed by atoms with Gasteiger partial charge >= 0.3 is 0 Å². The average Bonchev–Trinajstić information content (AvgIpc) is 2.11. The number of hydrogen-bond acceptors (Lipinski definition) is 4. The van der Waals surface area contributed by atoms with E-state index >= 15 is 0 Å². The fourth-order valence-electron chi connectivity index (χ4n) is 0.812. The van der Waals surface area contributed by atoms with E-state index in [1.165, 1.54) is 0 Å². The molecule has 4 heteroatoms. The Morgan fingerprint density at radius 3 is 1.20 bits per heavy atom. The Kier molecular flexibility index (Phi) is 6.42. The Balaban J connectivity index is 4.36. The van der Waals surface area contributed by atoms with Crippen LogP contribution in [-0.2, 0) is 0 Å². The smallest absolute Gasteiger partial charge is 0.0431 e. The van der Waals surface area contributed by atoms with Gasteiger partial charge in [-0.1, -0.05) is 0 Å². The molecule has 0 aliphatic heterocycles. The van der Waals surface area contributed by atoms with Crippen LogP contribution in [0.5, 0.6) is 0 Å². The van der Waals surface area contributed by atoms with Gasteiger partial charge in [-0.2, -0.15) is 20.4 Å². The monoisotopic (exact) mass is 208 g/mol. The van der Waals surface area contributed by atoms with Crippen LogP contribution in [0.2, 0.25) is 0 Å². The molecule has 0 N–H and O–H groups in total. The first-order valence-electron chi connectivity index (χ1n) is 5.00. The highest BCUT2D eigenvalue weighted by atomic mass is 15.2. The van der Waals surface area contributed by atoms with Gasteiger partial charge in [0.2, 0.25) is 0 Å². The highest BCUT2D eigenvalue weighted by Crippen LogP contribution is 1.93. The minimum atomic E-state index is 0.716. The van der Waals surface area contributed by atoms with E-state index in [1.807, 2.05) is 41.5 Å². The topological polar surface area (TPSA) is 49.4 Å². The first-order valence-corrected chi connectivity index (χ1v) is 5.00. The zero-order chi connectivity index (χ0) is 11.8. The Hall–Kier alpha value is -1.32. The average molecular weight is 208 g/mol. The summed E-state index contributed by atoms with van der Waals surface area (Å²) in [4.78, 5) is 0. The standard InChI is InChI=1S/C11H20N4/c1-8(2)12-14-10(5)7-11(6)15-13-9(3)4/h7H2,1-6H3/b14-10+,15-11+. The maximum Gasteiger partial charge on any atom is 0.0431 e. The quantitative estimate of drug-likeness (QED) is 0.503. The molecule has 0 amide bonds. The van der Waals surface area contributed by atoms with Gasteiger partial charge in [-0.15, -0.1) is 0 Å². The lowest BCUT2D eigenvalue weighted by Crippen LogP contribution is -2.00. The minimum Gasteiger partial charge on any atom is -0.161 e. The second-order valence-electron chi connectivity index (χ2n) is 3.94. The lowest BCUT2D eigenvalue weighted by atomic mass is 10.2. The van der Waals surface area contributed by atoms with Gasteiger partial charge in [0.05, 0.1) is 0 Å². The van der Waals surface area contributed by atoms with Crippen LogP contribution in [0.4, 0.5) is 0 Å². The molecule has 84 valence electrons. The van der Waals surface area contributed by atoms with Crippen molar-refractivity contribution in [2.75, 3.05) is 0 Å². The van der Waals surface area contributed by atoms with E-state index in [9.17, 15) is 0 Å². The largest absolute Gasteiger partial charge is 0.161 e. The second-order valence-corrected chi connectivity index (χ2v) is 3.94. The van der Waals surface area contributed by atoms with Crippen molar-refractivity contribution in [3.05, 3.63) is 0 Å². The highest BCUT2D eigenvalue weighted by Gasteiger charge is 1.95. The second kappa shape index (κ2) is 7.04. The molecule has 4 nitrogen and oxygen atoms in total. The molecule has 0 saturated heterocycles. The molecule has 0 atom stereocenters. The van der Waals surface area contributed by atoms with Crippen molar-refractivity contribution in [2.45, 2.75) is 48.0 Å². The van der Waals surface area contributed by atoms with Gasteiger partial charge in [-0.25, -0.2) is 0 Å². The van der Waals surface area contributed by atoms with Crippen LogP contribution in [0.15, 0.2) is 20.4 Å². The molecular formula is C11H20N4. The van der Waals surface area contributed by atoms with Crippen molar-refractivity contribution in [3.8, 4) is 0 Å². The summed E-state index contributed by atoms with van der Waals surface area (Å²) in [6.07, 6.45) is 0.716. The van der Waals surface area contributed by atoms with E-state index < -0.39 is 0 Å². The molecule has 0 aromatic rings. The van der Waals surface area contributed by atoms with Crippen LogP contribution in [0.3, 0.4) is 0 Å². The van der Waals surface area contributed by atoms with Gasteiger partial charge in [0.1, 0.15) is 0 Å². The van der Waals surface area contributed by atoms with E-state index in [0.717, 1.165) is 22.8 Å². The molecular weight excluding hydrogens is 188 g/mol. The van der Waals surface area contributed by atoms with Gasteiger partial charge in [-0.05, 0) is 41.5 Å². The first-order chi connectivity index (χ1) is 6.91. The minimum absolute atomic E-state index is 0.716. The predicted molar refractivity (Wildman–Crippen MR) is 68.4 cm³/mol. The first kappa shape index (κ1) is 13.7. The molecule has 0 aliphatic rings. The van der Waals surface area contributed by atoms with E-state index in [-0.39, 0.29) is 0 Å². The highest BCUT2D eigenvalue weighted by molar-refractivity contribution is 6.02. The van der Waals surface area contributed by atoms with E-state index in [2.05, 4.69) is 20.4 Å². The van der Waals surface area contributed by atoms with Crippen LogP contribution in [0.1, 0.15) is 48.0 Å². The Morgan fingerprint density at radius 2 is 0.933 bits per heavy atom. The fourth-order valence-corrected chi connectivity index (χ4v) is 0.812. The summed E-state index contributed by atoms with van der Waals surface area (Å²) in [6, 6.07) is 0. The number of rotatable bonds is 4. The van der Waals surface area contributed by atoms with Crippen LogP contribution in [-0.4, -0.2) is 22.8 Å². The zero-order valence-corrected chi connectivity index (χ0v) is 10.5. The predicted octanol–water partition coefficient (Wildman–Crippen LogP) is 3.09. The summed E-state index contributed by atoms with van der Waals surface area (Å²) in [5.74, 6) is 0. The Bertz CT molecular complexity index is 281. The molecule has 0 radical (unpaired) electrons. The summed E-state index contributed by atoms with van der Waals surface area (Å²) in [5, 5.41) is 16.1. The summed E-state index contributed by atoms with van der Waals surface area (Å²) in [7, 11) is 0. The van der Waals surface area contributed by atoms with Crippen LogP contribution >= 0.6 is 0 Å². The van der Waals surface area contributed by atoms with Gasteiger partial charge in [-0.3, -0.25) is 0 Å². The molecule has 0 rings (SSSR count). The normalized spacial score (nSPS) is 12.4. The maximum absolute atomic E-state index is 4.07. The molecule has 0 unspecified atom stereocenters. The molecule has 0 aromatic carbocycles. The molecule has 0 saturated carbocycles. The molecule has 0 fully saturated rings. The van der Waals surface area contributed by atoms with Crippen LogP contribution in [0, 0.1) is 0 Å². The molecule has 0 aromatic heterocycles. The molecule has 0 heterocycles. The zero-order valence-electron chi connectivity index (χ0n) is 10.5. The van der Waals surface area contributed by atoms with Crippen LogP contribution in [0.25, 0.3) is 0 Å². The molecule has 0 spiro atoms. The van der Waals surface area contributed by atoms with Crippen LogP contribution < -0.4 is 0 Å². The van der Waals surface area contributed by atoms with Gasteiger partial charge in [0.25, 0.3) is 0 Å². The van der Waals surface area contributed by atoms with Gasteiger partial charge in [0.15, 0.2) is 0 Å². The Labute approximate surface area is 91.9 Å². The summed E-state index contributed by atoms with van der Waals surface area (Å²) in [6.45, 7) is 11.6. The van der Waals surface area contributed by atoms with Crippen molar-refractivity contribution in [1.82, 2.24) is 0 Å². The molecule has 0 aliphatic carbocycles. The van der Waals surface area contributed by atoms with Crippen molar-refractivity contribution in [3.63, 3.8) is 0 Å². The molecule has 0 bridgehead atoms. The third kappa shape index (κ3) is 9.00.